The van der Waals surface area contributed by atoms with Gasteiger partial charge in [0.1, 0.15) is 0 Å². The van der Waals surface area contributed by atoms with Crippen molar-refractivity contribution in [3.05, 3.63) is 46.7 Å². The SMILES string of the molecule is O=C1C2C3CCC(O3)C2C(=O)N1c1cccc(Cn2cc(Br)cn2)c1. The van der Waals surface area contributed by atoms with Gasteiger partial charge in [0.25, 0.3) is 0 Å². The number of carbonyl (C=O) groups is 2. The fourth-order valence-electron chi connectivity index (χ4n) is 4.37. The van der Waals surface area contributed by atoms with Crippen molar-refractivity contribution in [2.75, 3.05) is 4.90 Å². The lowest BCUT2D eigenvalue weighted by atomic mass is 9.81. The highest BCUT2D eigenvalue weighted by atomic mass is 79.9. The van der Waals surface area contributed by atoms with Crippen LogP contribution in [-0.2, 0) is 20.9 Å². The molecule has 4 atom stereocenters. The van der Waals surface area contributed by atoms with Gasteiger partial charge in [0, 0.05) is 6.20 Å². The molecular formula is C18H16BrN3O3. The molecule has 0 radical (unpaired) electrons. The Hall–Kier alpha value is -1.99. The molecular weight excluding hydrogens is 386 g/mol. The van der Waals surface area contributed by atoms with Crippen molar-refractivity contribution in [1.82, 2.24) is 9.78 Å². The Labute approximate surface area is 152 Å². The summed E-state index contributed by atoms with van der Waals surface area (Å²) >= 11 is 3.38. The summed E-state index contributed by atoms with van der Waals surface area (Å²) in [7, 11) is 0. The zero-order valence-electron chi connectivity index (χ0n) is 13.3. The molecule has 25 heavy (non-hydrogen) atoms. The number of amides is 2. The van der Waals surface area contributed by atoms with Gasteiger partial charge in [-0.1, -0.05) is 12.1 Å². The summed E-state index contributed by atoms with van der Waals surface area (Å²) in [5, 5.41) is 4.25. The Morgan fingerprint density at radius 1 is 1.16 bits per heavy atom. The zero-order chi connectivity index (χ0) is 17.1. The highest BCUT2D eigenvalue weighted by molar-refractivity contribution is 9.10. The van der Waals surface area contributed by atoms with Gasteiger partial charge < -0.3 is 4.74 Å². The van der Waals surface area contributed by atoms with E-state index in [-0.39, 0.29) is 35.9 Å². The number of halogens is 1. The molecule has 6 nitrogen and oxygen atoms in total. The van der Waals surface area contributed by atoms with Crippen LogP contribution >= 0.6 is 15.9 Å². The van der Waals surface area contributed by atoms with Crippen molar-refractivity contribution in [1.29, 1.82) is 0 Å². The Kier molecular flexibility index (Phi) is 3.36. The van der Waals surface area contributed by atoms with Crippen molar-refractivity contribution in [3.8, 4) is 0 Å². The number of aromatic nitrogens is 2. The third-order valence-corrected chi connectivity index (χ3v) is 5.81. The van der Waals surface area contributed by atoms with E-state index in [0.29, 0.717) is 12.2 Å². The van der Waals surface area contributed by atoms with Crippen LogP contribution in [0.4, 0.5) is 5.69 Å². The number of nitrogens with zero attached hydrogens (tertiary/aromatic N) is 3. The summed E-state index contributed by atoms with van der Waals surface area (Å²) in [6, 6.07) is 7.57. The number of rotatable bonds is 3. The summed E-state index contributed by atoms with van der Waals surface area (Å²) in [6.07, 6.45) is 5.22. The van der Waals surface area contributed by atoms with Crippen LogP contribution in [-0.4, -0.2) is 33.8 Å². The number of benzene rings is 1. The lowest BCUT2D eigenvalue weighted by Gasteiger charge is -2.18. The maximum atomic E-state index is 12.9. The van der Waals surface area contributed by atoms with E-state index in [2.05, 4.69) is 21.0 Å². The smallest absolute Gasteiger partial charge is 0.240 e. The predicted octanol–water partition coefficient (Wildman–Crippen LogP) is 2.36. The van der Waals surface area contributed by atoms with Gasteiger partial charge in [-0.25, -0.2) is 4.90 Å². The molecule has 7 heteroatoms. The van der Waals surface area contributed by atoms with E-state index in [1.165, 1.54) is 4.90 Å². The van der Waals surface area contributed by atoms with Crippen LogP contribution in [0.15, 0.2) is 41.1 Å². The number of imide groups is 1. The molecule has 2 bridgehead atoms. The minimum Gasteiger partial charge on any atom is -0.373 e. The molecule has 2 aromatic rings. The second-order valence-corrected chi connectivity index (χ2v) is 7.80. The largest absolute Gasteiger partial charge is 0.373 e. The number of ether oxygens (including phenoxy) is 1. The standard InChI is InChI=1S/C18H16BrN3O3/c19-11-7-20-21(9-11)8-10-2-1-3-12(6-10)22-17(23)15-13-4-5-14(25-13)16(15)18(22)24/h1-3,6-7,9,13-16H,4-5,8H2. The molecule has 0 N–H and O–H groups in total. The molecule has 128 valence electrons. The molecule has 3 aliphatic rings. The molecule has 1 aromatic heterocycles. The minimum atomic E-state index is -0.294. The van der Waals surface area contributed by atoms with Crippen LogP contribution in [0.5, 0.6) is 0 Å². The molecule has 2 amide bonds. The number of fused-ring (bicyclic) bond motifs is 5. The van der Waals surface area contributed by atoms with Gasteiger partial charge in [-0.15, -0.1) is 0 Å². The second kappa shape index (κ2) is 5.51. The van der Waals surface area contributed by atoms with Gasteiger partial charge in [0.2, 0.25) is 11.8 Å². The molecule has 3 aliphatic heterocycles. The van der Waals surface area contributed by atoms with Crippen molar-refractivity contribution in [2.45, 2.75) is 31.6 Å². The summed E-state index contributed by atoms with van der Waals surface area (Å²) in [4.78, 5) is 27.1. The average Bonchev–Trinajstić information content (AvgIpc) is 3.34. The van der Waals surface area contributed by atoms with Gasteiger partial charge in [-0.2, -0.15) is 5.10 Å². The van der Waals surface area contributed by atoms with Crippen LogP contribution in [0.25, 0.3) is 0 Å². The lowest BCUT2D eigenvalue weighted by Crippen LogP contribution is -2.34. The quantitative estimate of drug-likeness (QED) is 0.740. The number of anilines is 1. The van der Waals surface area contributed by atoms with E-state index >= 15 is 0 Å². The molecule has 1 aromatic carbocycles. The highest BCUT2D eigenvalue weighted by Crippen LogP contribution is 2.49. The zero-order valence-corrected chi connectivity index (χ0v) is 14.9. The van der Waals surface area contributed by atoms with Gasteiger partial charge >= 0.3 is 0 Å². The predicted molar refractivity (Wildman–Crippen MR) is 92.8 cm³/mol. The molecule has 0 saturated carbocycles. The summed E-state index contributed by atoms with van der Waals surface area (Å²) in [5.41, 5.74) is 1.64. The first kappa shape index (κ1) is 15.3. The maximum absolute atomic E-state index is 12.9. The van der Waals surface area contributed by atoms with Crippen molar-refractivity contribution < 1.29 is 14.3 Å². The van der Waals surface area contributed by atoms with Crippen molar-refractivity contribution in [3.63, 3.8) is 0 Å². The van der Waals surface area contributed by atoms with E-state index in [0.717, 1.165) is 22.9 Å². The Bertz CT molecular complexity index is 852. The van der Waals surface area contributed by atoms with E-state index in [9.17, 15) is 9.59 Å². The summed E-state index contributed by atoms with van der Waals surface area (Å²) in [6.45, 7) is 0.580. The lowest BCUT2D eigenvalue weighted by molar-refractivity contribution is -0.124. The highest BCUT2D eigenvalue weighted by Gasteiger charge is 2.62. The van der Waals surface area contributed by atoms with E-state index in [1.54, 1.807) is 10.9 Å². The number of hydrogen-bond acceptors (Lipinski definition) is 4. The molecule has 3 saturated heterocycles. The number of hydrogen-bond donors (Lipinski definition) is 0. The van der Waals surface area contributed by atoms with Crippen LogP contribution in [0, 0.1) is 11.8 Å². The van der Waals surface area contributed by atoms with Crippen LogP contribution < -0.4 is 4.90 Å². The average molecular weight is 402 g/mol. The normalized spacial score (nSPS) is 30.4. The molecule has 4 heterocycles. The first-order valence-electron chi connectivity index (χ1n) is 8.42. The molecule has 3 fully saturated rings. The number of carbonyl (C=O) groups excluding carboxylic acids is 2. The third kappa shape index (κ3) is 2.29. The van der Waals surface area contributed by atoms with E-state index in [1.807, 2.05) is 30.5 Å². The Morgan fingerprint density at radius 3 is 2.52 bits per heavy atom. The van der Waals surface area contributed by atoms with Crippen LogP contribution in [0.1, 0.15) is 18.4 Å². The third-order valence-electron chi connectivity index (χ3n) is 5.40. The first-order chi connectivity index (χ1) is 12.1. The van der Waals surface area contributed by atoms with Gasteiger partial charge in [-0.05, 0) is 46.5 Å². The van der Waals surface area contributed by atoms with Crippen LogP contribution in [0.3, 0.4) is 0 Å². The van der Waals surface area contributed by atoms with Crippen molar-refractivity contribution in [2.24, 2.45) is 11.8 Å². The molecule has 5 rings (SSSR count). The Balaban J connectivity index is 1.44. The molecule has 0 aliphatic carbocycles. The first-order valence-corrected chi connectivity index (χ1v) is 9.21. The summed E-state index contributed by atoms with van der Waals surface area (Å²) < 4.78 is 8.50. The van der Waals surface area contributed by atoms with E-state index < -0.39 is 0 Å². The maximum Gasteiger partial charge on any atom is 0.240 e. The van der Waals surface area contributed by atoms with Gasteiger partial charge in [0.05, 0.1) is 46.9 Å². The topological polar surface area (TPSA) is 64.4 Å². The van der Waals surface area contributed by atoms with E-state index in [4.69, 9.17) is 4.74 Å². The Morgan fingerprint density at radius 2 is 1.88 bits per heavy atom. The van der Waals surface area contributed by atoms with Crippen LogP contribution in [0.2, 0.25) is 0 Å². The molecule has 4 unspecified atom stereocenters. The minimum absolute atomic E-state index is 0.0824. The summed E-state index contributed by atoms with van der Waals surface area (Å²) in [5.74, 6) is -0.809. The van der Waals surface area contributed by atoms with Crippen molar-refractivity contribution >= 4 is 33.4 Å². The monoisotopic (exact) mass is 401 g/mol. The van der Waals surface area contributed by atoms with Gasteiger partial charge in [-0.3, -0.25) is 14.3 Å². The molecule has 0 spiro atoms. The fraction of sp³-hybridized carbons (Fsp3) is 0.389. The second-order valence-electron chi connectivity index (χ2n) is 6.88. The fourth-order valence-corrected chi connectivity index (χ4v) is 4.70. The van der Waals surface area contributed by atoms with Gasteiger partial charge in [0.15, 0.2) is 0 Å².